The van der Waals surface area contributed by atoms with Gasteiger partial charge in [-0.05, 0) is 55.0 Å². The van der Waals surface area contributed by atoms with Crippen LogP contribution in [0.25, 0.3) is 11.4 Å². The molecule has 180 valence electrons. The number of rotatable bonds is 7. The number of alkyl halides is 3. The van der Waals surface area contributed by atoms with Gasteiger partial charge in [0.25, 0.3) is 0 Å². The van der Waals surface area contributed by atoms with Crippen molar-refractivity contribution in [1.82, 2.24) is 14.5 Å². The molecular weight excluding hydrogens is 459 g/mol. The van der Waals surface area contributed by atoms with Crippen LogP contribution in [-0.4, -0.2) is 27.2 Å². The molecule has 2 aromatic carbocycles. The average Bonchev–Trinajstić information content (AvgIpc) is 3.28. The Morgan fingerprint density at radius 2 is 1.83 bits per heavy atom. The highest BCUT2D eigenvalue weighted by Gasteiger charge is 2.31. The molecule has 10 heteroatoms. The topological polar surface area (TPSA) is 81.1 Å². The van der Waals surface area contributed by atoms with Gasteiger partial charge >= 0.3 is 12.2 Å². The van der Waals surface area contributed by atoms with E-state index in [1.807, 2.05) is 29.0 Å². The molecule has 0 fully saturated rings. The minimum atomic E-state index is -4.55. The van der Waals surface area contributed by atoms with Crippen molar-refractivity contribution in [3.8, 4) is 17.1 Å². The third-order valence-electron chi connectivity index (χ3n) is 5.05. The van der Waals surface area contributed by atoms with Gasteiger partial charge in [-0.25, -0.2) is 9.78 Å². The fraction of sp³-hybridized carbons (Fsp3) is 0.160. The highest BCUT2D eigenvalue weighted by Crippen LogP contribution is 2.35. The van der Waals surface area contributed by atoms with Crippen molar-refractivity contribution in [1.29, 1.82) is 0 Å². The van der Waals surface area contributed by atoms with Crippen LogP contribution in [0.1, 0.15) is 18.1 Å². The van der Waals surface area contributed by atoms with Crippen LogP contribution in [0, 0.1) is 0 Å². The normalized spacial score (nSPS) is 11.2. The molecule has 2 amide bonds. The molecule has 2 aromatic heterocycles. The van der Waals surface area contributed by atoms with Crippen LogP contribution in [0.15, 0.2) is 79.4 Å². The molecule has 2 N–H and O–H groups in total. The summed E-state index contributed by atoms with van der Waals surface area (Å²) in [4.78, 5) is 21.0. The van der Waals surface area contributed by atoms with E-state index >= 15 is 0 Å². The van der Waals surface area contributed by atoms with Crippen LogP contribution < -0.4 is 15.4 Å². The molecule has 0 bridgehead atoms. The largest absolute Gasteiger partial charge is 0.492 e. The Balaban J connectivity index is 1.48. The number of urea groups is 1. The number of ether oxygens (including phenoxy) is 1. The standard InChI is InChI=1S/C25H22F3N5O2/c1-2-35-22-7-6-19(25(26,27)28)15-21(22)32-24(34)31-20-5-3-4-17(14-20)16-33-13-12-30-23(33)18-8-10-29-11-9-18/h3-15H,2,16H2,1H3,(H2,31,32,34). The van der Waals surface area contributed by atoms with Crippen molar-refractivity contribution in [3.05, 3.63) is 90.5 Å². The van der Waals surface area contributed by atoms with Gasteiger partial charge in [0, 0.05) is 42.6 Å². The second-order valence-electron chi connectivity index (χ2n) is 7.54. The highest BCUT2D eigenvalue weighted by atomic mass is 19.4. The summed E-state index contributed by atoms with van der Waals surface area (Å²) in [5.41, 5.74) is 1.34. The Morgan fingerprint density at radius 1 is 1.03 bits per heavy atom. The van der Waals surface area contributed by atoms with Crippen molar-refractivity contribution in [3.63, 3.8) is 0 Å². The number of benzene rings is 2. The fourth-order valence-corrected chi connectivity index (χ4v) is 3.51. The number of hydrogen-bond acceptors (Lipinski definition) is 4. The maximum atomic E-state index is 13.1. The van der Waals surface area contributed by atoms with E-state index in [-0.39, 0.29) is 18.0 Å². The number of nitrogens with zero attached hydrogens (tertiary/aromatic N) is 3. The minimum Gasteiger partial charge on any atom is -0.492 e. The summed E-state index contributed by atoms with van der Waals surface area (Å²) in [5.74, 6) is 0.921. The van der Waals surface area contributed by atoms with Crippen molar-refractivity contribution >= 4 is 17.4 Å². The van der Waals surface area contributed by atoms with Crippen LogP contribution in [0.2, 0.25) is 0 Å². The van der Waals surface area contributed by atoms with E-state index in [4.69, 9.17) is 4.74 Å². The third-order valence-corrected chi connectivity index (χ3v) is 5.05. The first-order valence-corrected chi connectivity index (χ1v) is 10.8. The number of pyridine rings is 1. The maximum Gasteiger partial charge on any atom is 0.416 e. The zero-order valence-corrected chi connectivity index (χ0v) is 18.7. The third kappa shape index (κ3) is 5.97. The van der Waals surface area contributed by atoms with Gasteiger partial charge in [0.05, 0.1) is 17.9 Å². The van der Waals surface area contributed by atoms with E-state index in [0.717, 1.165) is 29.1 Å². The van der Waals surface area contributed by atoms with Crippen molar-refractivity contribution in [2.24, 2.45) is 0 Å². The van der Waals surface area contributed by atoms with Crippen LogP contribution >= 0.6 is 0 Å². The predicted molar refractivity (Wildman–Crippen MR) is 126 cm³/mol. The Labute approximate surface area is 199 Å². The van der Waals surface area contributed by atoms with Gasteiger partial charge in [0.1, 0.15) is 11.6 Å². The molecule has 0 atom stereocenters. The molecule has 0 saturated carbocycles. The number of aromatic nitrogens is 3. The number of carbonyl (C=O) groups is 1. The van der Waals surface area contributed by atoms with Gasteiger partial charge in [0.15, 0.2) is 0 Å². The smallest absolute Gasteiger partial charge is 0.416 e. The molecular formula is C25H22F3N5O2. The summed E-state index contributed by atoms with van der Waals surface area (Å²) in [6, 6.07) is 13.1. The zero-order chi connectivity index (χ0) is 24.8. The monoisotopic (exact) mass is 481 g/mol. The maximum absolute atomic E-state index is 13.1. The number of carbonyl (C=O) groups excluding carboxylic acids is 1. The van der Waals surface area contributed by atoms with E-state index in [0.29, 0.717) is 12.2 Å². The molecule has 2 heterocycles. The van der Waals surface area contributed by atoms with Gasteiger partial charge in [0.2, 0.25) is 0 Å². The summed E-state index contributed by atoms with van der Waals surface area (Å²) in [6.45, 7) is 2.43. The SMILES string of the molecule is CCOc1ccc(C(F)(F)F)cc1NC(=O)Nc1cccc(Cn2ccnc2-c2ccncc2)c1. The molecule has 4 rings (SSSR count). The molecule has 35 heavy (non-hydrogen) atoms. The van der Waals surface area contributed by atoms with Gasteiger partial charge in [-0.3, -0.25) is 4.98 Å². The zero-order valence-electron chi connectivity index (χ0n) is 18.7. The van der Waals surface area contributed by atoms with Crippen molar-refractivity contribution in [2.45, 2.75) is 19.6 Å². The Morgan fingerprint density at radius 3 is 2.57 bits per heavy atom. The molecule has 0 unspecified atom stereocenters. The average molecular weight is 481 g/mol. The Hall–Kier alpha value is -4.34. The van der Waals surface area contributed by atoms with Crippen molar-refractivity contribution in [2.75, 3.05) is 17.2 Å². The second-order valence-corrected chi connectivity index (χ2v) is 7.54. The minimum absolute atomic E-state index is 0.0734. The van der Waals surface area contributed by atoms with Gasteiger partial charge < -0.3 is 19.9 Å². The molecule has 0 spiro atoms. The van der Waals surface area contributed by atoms with Crippen LogP contribution in [0.3, 0.4) is 0 Å². The van der Waals surface area contributed by atoms with Crippen LogP contribution in [0.5, 0.6) is 5.75 Å². The molecule has 0 aliphatic carbocycles. The first kappa shape index (κ1) is 23.8. The van der Waals surface area contributed by atoms with E-state index in [2.05, 4.69) is 20.6 Å². The lowest BCUT2D eigenvalue weighted by molar-refractivity contribution is -0.137. The Kier molecular flexibility index (Phi) is 7.00. The van der Waals surface area contributed by atoms with E-state index in [1.54, 1.807) is 43.7 Å². The highest BCUT2D eigenvalue weighted by molar-refractivity contribution is 6.00. The predicted octanol–water partition coefficient (Wildman–Crippen LogP) is 6.05. The summed E-state index contributed by atoms with van der Waals surface area (Å²) in [6.07, 6.45) is 2.40. The van der Waals surface area contributed by atoms with E-state index in [1.165, 1.54) is 6.07 Å². The molecule has 0 aliphatic heterocycles. The summed E-state index contributed by atoms with van der Waals surface area (Å²) >= 11 is 0. The van der Waals surface area contributed by atoms with Gasteiger partial charge in [-0.1, -0.05) is 12.1 Å². The Bertz CT molecular complexity index is 1310. The number of nitrogens with one attached hydrogen (secondary N) is 2. The number of imidazole rings is 1. The van der Waals surface area contributed by atoms with Gasteiger partial charge in [-0.2, -0.15) is 13.2 Å². The van der Waals surface area contributed by atoms with E-state index < -0.39 is 17.8 Å². The molecule has 0 radical (unpaired) electrons. The molecule has 4 aromatic rings. The van der Waals surface area contributed by atoms with Crippen molar-refractivity contribution < 1.29 is 22.7 Å². The summed E-state index contributed by atoms with van der Waals surface area (Å²) < 4.78 is 46.7. The number of halogens is 3. The second kappa shape index (κ2) is 10.3. The number of hydrogen-bond donors (Lipinski definition) is 2. The first-order chi connectivity index (χ1) is 16.8. The lowest BCUT2D eigenvalue weighted by Crippen LogP contribution is -2.20. The fourth-order valence-electron chi connectivity index (χ4n) is 3.51. The molecule has 0 saturated heterocycles. The van der Waals surface area contributed by atoms with Crippen LogP contribution in [0.4, 0.5) is 29.3 Å². The first-order valence-electron chi connectivity index (χ1n) is 10.8. The lowest BCUT2D eigenvalue weighted by Gasteiger charge is -2.15. The molecule has 7 nitrogen and oxygen atoms in total. The summed E-state index contributed by atoms with van der Waals surface area (Å²) in [7, 11) is 0. The quantitative estimate of drug-likeness (QED) is 0.337. The number of anilines is 2. The van der Waals surface area contributed by atoms with Gasteiger partial charge in [-0.15, -0.1) is 0 Å². The molecule has 0 aliphatic rings. The summed E-state index contributed by atoms with van der Waals surface area (Å²) in [5, 5.41) is 5.12. The lowest BCUT2D eigenvalue weighted by atomic mass is 10.1. The van der Waals surface area contributed by atoms with Crippen LogP contribution in [-0.2, 0) is 12.7 Å². The van der Waals surface area contributed by atoms with E-state index in [9.17, 15) is 18.0 Å². The number of amides is 2.